The van der Waals surface area contributed by atoms with E-state index in [1.165, 1.54) is 0 Å². The monoisotopic (exact) mass is 365 g/mol. The molecule has 136 valence electrons. The molecule has 0 fully saturated rings. The summed E-state index contributed by atoms with van der Waals surface area (Å²) >= 11 is 6.07. The lowest BCUT2D eigenvalue weighted by molar-refractivity contribution is 0.100. The number of aromatic nitrogens is 2. The van der Waals surface area contributed by atoms with Gasteiger partial charge in [-0.15, -0.1) is 10.2 Å². The molecule has 5 N–H and O–H groups in total. The fourth-order valence-electron chi connectivity index (χ4n) is 2.05. The van der Waals surface area contributed by atoms with Gasteiger partial charge in [0.2, 0.25) is 0 Å². The Kier molecular flexibility index (Phi) is 6.55. The van der Waals surface area contributed by atoms with E-state index in [0.717, 1.165) is 5.56 Å². The number of nitrogens with zero attached hydrogens (tertiary/aromatic N) is 2. The van der Waals surface area contributed by atoms with E-state index < -0.39 is 6.10 Å². The number of hydrogen-bond donors (Lipinski definition) is 4. The summed E-state index contributed by atoms with van der Waals surface area (Å²) in [7, 11) is 0. The summed E-state index contributed by atoms with van der Waals surface area (Å²) in [6.45, 7) is 6.67. The smallest absolute Gasteiger partial charge is 0.162 e. The average molecular weight is 366 g/mol. The van der Waals surface area contributed by atoms with Gasteiger partial charge in [-0.25, -0.2) is 5.84 Å². The molecule has 1 heterocycles. The highest BCUT2D eigenvalue weighted by molar-refractivity contribution is 6.30. The molecular weight excluding hydrogens is 342 g/mol. The predicted molar refractivity (Wildman–Crippen MR) is 99.5 cm³/mol. The standard InChI is InChI=1S/C17H24ClN5O2/c1-17(2,3)20-9-12(24)10-25-15-8-11(18)4-5-13(15)14-6-7-16(21-19)23-22-14/h4-8,12,20,24H,9-10,19H2,1-3H3,(H,21,23). The Hall–Kier alpha value is -1.93. The summed E-state index contributed by atoms with van der Waals surface area (Å²) in [6.07, 6.45) is -0.652. The number of rotatable bonds is 7. The Morgan fingerprint density at radius 1 is 1.24 bits per heavy atom. The van der Waals surface area contributed by atoms with Gasteiger partial charge >= 0.3 is 0 Å². The van der Waals surface area contributed by atoms with Crippen molar-refractivity contribution in [2.24, 2.45) is 5.84 Å². The van der Waals surface area contributed by atoms with Crippen molar-refractivity contribution in [3.63, 3.8) is 0 Å². The minimum atomic E-state index is -0.652. The molecule has 1 aromatic carbocycles. The minimum absolute atomic E-state index is 0.0729. The first-order chi connectivity index (χ1) is 11.8. The topological polar surface area (TPSA) is 105 Å². The third-order valence-corrected chi connectivity index (χ3v) is 3.57. The first-order valence-corrected chi connectivity index (χ1v) is 8.32. The predicted octanol–water partition coefficient (Wildman–Crippen LogP) is 2.21. The molecule has 0 aliphatic heterocycles. The van der Waals surface area contributed by atoms with Crippen molar-refractivity contribution in [2.45, 2.75) is 32.4 Å². The van der Waals surface area contributed by atoms with Crippen LogP contribution in [0.25, 0.3) is 11.3 Å². The van der Waals surface area contributed by atoms with Gasteiger partial charge in [-0.3, -0.25) is 0 Å². The number of aliphatic hydroxyl groups is 1. The van der Waals surface area contributed by atoms with Gasteiger partial charge < -0.3 is 20.6 Å². The number of nitrogens with one attached hydrogen (secondary N) is 2. The van der Waals surface area contributed by atoms with Gasteiger partial charge in [0.05, 0.1) is 5.69 Å². The second-order valence-electron chi connectivity index (χ2n) is 6.68. The van der Waals surface area contributed by atoms with Crippen LogP contribution in [0.4, 0.5) is 5.82 Å². The van der Waals surface area contributed by atoms with E-state index in [4.69, 9.17) is 22.2 Å². The second kappa shape index (κ2) is 8.44. The number of nitrogens with two attached hydrogens (primary N) is 1. The molecule has 2 rings (SSSR count). The molecular formula is C17H24ClN5O2. The highest BCUT2D eigenvalue weighted by Gasteiger charge is 2.15. The number of β-amino-alcohol motifs (C(OH)–C–C–N with tert-alkyl or cyclic N) is 1. The maximum atomic E-state index is 10.1. The fraction of sp³-hybridized carbons (Fsp3) is 0.412. The zero-order valence-electron chi connectivity index (χ0n) is 14.6. The van der Waals surface area contributed by atoms with Crippen molar-refractivity contribution in [3.05, 3.63) is 35.4 Å². The summed E-state index contributed by atoms with van der Waals surface area (Å²) in [5.74, 6) is 6.29. The Balaban J connectivity index is 2.10. The average Bonchev–Trinajstić information content (AvgIpc) is 2.58. The van der Waals surface area contributed by atoms with E-state index in [1.807, 2.05) is 20.8 Å². The van der Waals surface area contributed by atoms with E-state index in [2.05, 4.69) is 20.9 Å². The zero-order valence-corrected chi connectivity index (χ0v) is 15.3. The molecule has 1 unspecified atom stereocenters. The Labute approximate surface area is 152 Å². The molecule has 1 atom stereocenters. The van der Waals surface area contributed by atoms with Gasteiger partial charge in [-0.1, -0.05) is 11.6 Å². The summed E-state index contributed by atoms with van der Waals surface area (Å²) < 4.78 is 5.77. The van der Waals surface area contributed by atoms with Crippen LogP contribution < -0.4 is 21.3 Å². The number of anilines is 1. The van der Waals surface area contributed by atoms with E-state index >= 15 is 0 Å². The summed E-state index contributed by atoms with van der Waals surface area (Å²) in [6, 6.07) is 8.73. The molecule has 1 aromatic heterocycles. The number of hydrazine groups is 1. The van der Waals surface area contributed by atoms with Crippen molar-refractivity contribution in [1.29, 1.82) is 0 Å². The van der Waals surface area contributed by atoms with Gasteiger partial charge in [0.15, 0.2) is 5.82 Å². The number of halogens is 1. The van der Waals surface area contributed by atoms with E-state index in [1.54, 1.807) is 30.3 Å². The lowest BCUT2D eigenvalue weighted by Crippen LogP contribution is -2.42. The summed E-state index contributed by atoms with van der Waals surface area (Å²) in [4.78, 5) is 0. The molecule has 8 heteroatoms. The van der Waals surface area contributed by atoms with Crippen LogP contribution in [0, 0.1) is 0 Å². The fourth-order valence-corrected chi connectivity index (χ4v) is 2.21. The molecule has 25 heavy (non-hydrogen) atoms. The third-order valence-electron chi connectivity index (χ3n) is 3.33. The van der Waals surface area contributed by atoms with Crippen LogP contribution in [0.5, 0.6) is 5.75 Å². The number of hydrogen-bond acceptors (Lipinski definition) is 7. The highest BCUT2D eigenvalue weighted by atomic mass is 35.5. The van der Waals surface area contributed by atoms with Gasteiger partial charge in [0.25, 0.3) is 0 Å². The van der Waals surface area contributed by atoms with Crippen molar-refractivity contribution in [3.8, 4) is 17.0 Å². The maximum Gasteiger partial charge on any atom is 0.162 e. The van der Waals surface area contributed by atoms with E-state index in [-0.39, 0.29) is 12.1 Å². The van der Waals surface area contributed by atoms with Crippen molar-refractivity contribution in [1.82, 2.24) is 15.5 Å². The minimum Gasteiger partial charge on any atom is -0.490 e. The van der Waals surface area contributed by atoms with Crippen molar-refractivity contribution >= 4 is 17.4 Å². The van der Waals surface area contributed by atoms with Crippen molar-refractivity contribution < 1.29 is 9.84 Å². The SMILES string of the molecule is CC(C)(C)NCC(O)COc1cc(Cl)ccc1-c1ccc(NN)nn1. The number of aliphatic hydroxyl groups excluding tert-OH is 1. The number of ether oxygens (including phenoxy) is 1. The van der Waals surface area contributed by atoms with Crippen LogP contribution in [-0.2, 0) is 0 Å². The Bertz CT molecular complexity index is 688. The van der Waals surface area contributed by atoms with Crippen LogP contribution in [-0.4, -0.2) is 40.1 Å². The molecule has 0 spiro atoms. The molecule has 2 aromatic rings. The zero-order chi connectivity index (χ0) is 18.4. The molecule has 0 saturated heterocycles. The van der Waals surface area contributed by atoms with Crippen molar-refractivity contribution in [2.75, 3.05) is 18.6 Å². The molecule has 0 bridgehead atoms. The Morgan fingerprint density at radius 2 is 2.00 bits per heavy atom. The first-order valence-electron chi connectivity index (χ1n) is 7.94. The maximum absolute atomic E-state index is 10.1. The van der Waals surface area contributed by atoms with Gasteiger partial charge in [-0.2, -0.15) is 0 Å². The lowest BCUT2D eigenvalue weighted by atomic mass is 10.1. The van der Waals surface area contributed by atoms with Gasteiger partial charge in [0, 0.05) is 22.7 Å². The molecule has 0 amide bonds. The van der Waals surface area contributed by atoms with Crippen LogP contribution in [0.2, 0.25) is 5.02 Å². The largest absolute Gasteiger partial charge is 0.490 e. The summed E-state index contributed by atoms with van der Waals surface area (Å²) in [5.41, 5.74) is 3.71. The van der Waals surface area contributed by atoms with Crippen LogP contribution in [0.15, 0.2) is 30.3 Å². The normalized spacial score (nSPS) is 12.7. The van der Waals surface area contributed by atoms with Gasteiger partial charge in [0.1, 0.15) is 18.5 Å². The van der Waals surface area contributed by atoms with Crippen LogP contribution >= 0.6 is 11.6 Å². The molecule has 0 saturated carbocycles. The van der Waals surface area contributed by atoms with Gasteiger partial charge in [-0.05, 0) is 51.1 Å². The highest BCUT2D eigenvalue weighted by Crippen LogP contribution is 2.31. The van der Waals surface area contributed by atoms with E-state index in [9.17, 15) is 5.11 Å². The quantitative estimate of drug-likeness (QED) is 0.440. The third kappa shape index (κ3) is 6.13. The Morgan fingerprint density at radius 3 is 2.60 bits per heavy atom. The lowest BCUT2D eigenvalue weighted by Gasteiger charge is -2.23. The summed E-state index contributed by atoms with van der Waals surface area (Å²) in [5, 5.41) is 21.9. The van der Waals surface area contributed by atoms with Crippen LogP contribution in [0.3, 0.4) is 0 Å². The molecule has 0 radical (unpaired) electrons. The van der Waals surface area contributed by atoms with Crippen LogP contribution in [0.1, 0.15) is 20.8 Å². The number of nitrogen functional groups attached to an aromatic ring is 1. The molecule has 0 aliphatic rings. The molecule has 7 nitrogen and oxygen atoms in total. The van der Waals surface area contributed by atoms with E-state index in [0.29, 0.717) is 28.8 Å². The second-order valence-corrected chi connectivity index (χ2v) is 7.12. The first kappa shape index (κ1) is 19.4. The molecule has 0 aliphatic carbocycles. The number of benzene rings is 1.